The molecule has 0 aliphatic carbocycles. The zero-order chi connectivity index (χ0) is 10.6. The van der Waals surface area contributed by atoms with Crippen molar-refractivity contribution in [3.63, 3.8) is 0 Å². The molecule has 0 aromatic carbocycles. The number of hydrogen-bond acceptors (Lipinski definition) is 4. The summed E-state index contributed by atoms with van der Waals surface area (Å²) >= 11 is 0. The lowest BCUT2D eigenvalue weighted by molar-refractivity contribution is -0.141. The number of aliphatic carboxylic acids is 1. The molecule has 1 unspecified atom stereocenters. The van der Waals surface area contributed by atoms with Crippen LogP contribution in [0.2, 0.25) is 0 Å². The van der Waals surface area contributed by atoms with E-state index in [9.17, 15) is 4.79 Å². The average molecular weight is 198 g/mol. The summed E-state index contributed by atoms with van der Waals surface area (Å²) in [6.45, 7) is 2.86. The Morgan fingerprint density at radius 2 is 2.50 bits per heavy atom. The van der Waals surface area contributed by atoms with Gasteiger partial charge in [-0.1, -0.05) is 12.1 Å². The summed E-state index contributed by atoms with van der Waals surface area (Å²) in [5, 5.41) is 12.3. The molecule has 14 heavy (non-hydrogen) atoms. The van der Waals surface area contributed by atoms with Gasteiger partial charge in [0.05, 0.1) is 12.1 Å². The Balaban J connectivity index is 2.36. The van der Waals surface area contributed by atoms with E-state index in [1.165, 1.54) is 0 Å². The van der Waals surface area contributed by atoms with E-state index in [1.807, 2.05) is 11.9 Å². The van der Waals surface area contributed by atoms with E-state index in [0.717, 1.165) is 5.56 Å². The van der Waals surface area contributed by atoms with Gasteiger partial charge in [0.2, 0.25) is 0 Å². The van der Waals surface area contributed by atoms with E-state index < -0.39 is 5.97 Å². The van der Waals surface area contributed by atoms with Crippen LogP contribution in [0.3, 0.4) is 0 Å². The Hall–Kier alpha value is -1.36. The van der Waals surface area contributed by atoms with E-state index in [0.29, 0.717) is 13.1 Å². The first-order valence-corrected chi connectivity index (χ1v) is 4.39. The molecule has 0 amide bonds. The summed E-state index contributed by atoms with van der Waals surface area (Å²) in [6.07, 6.45) is 3.18. The molecule has 0 saturated carbocycles. The van der Waals surface area contributed by atoms with Crippen molar-refractivity contribution in [2.24, 2.45) is 5.92 Å². The lowest BCUT2D eigenvalue weighted by Gasteiger charge is -2.17. The van der Waals surface area contributed by atoms with Gasteiger partial charge in [0, 0.05) is 18.7 Å². The predicted molar refractivity (Wildman–Crippen MR) is 49.6 cm³/mol. The second-order valence-electron chi connectivity index (χ2n) is 3.47. The first kappa shape index (κ1) is 10.7. The largest absolute Gasteiger partial charge is 0.481 e. The van der Waals surface area contributed by atoms with Crippen molar-refractivity contribution >= 4 is 5.97 Å². The van der Waals surface area contributed by atoms with Crippen molar-refractivity contribution in [3.8, 4) is 0 Å². The van der Waals surface area contributed by atoms with Crippen molar-refractivity contribution in [1.29, 1.82) is 0 Å². The molecular weight excluding hydrogens is 184 g/mol. The Morgan fingerprint density at radius 1 is 1.79 bits per heavy atom. The first-order chi connectivity index (χ1) is 6.59. The minimum Gasteiger partial charge on any atom is -0.481 e. The standard InChI is InChI=1S/C9H14N2O3/c1-7(9(12)13)4-11(2)5-8-3-10-14-6-8/h3,6-7H,4-5H2,1-2H3,(H,12,13). The van der Waals surface area contributed by atoms with Crippen molar-refractivity contribution in [2.45, 2.75) is 13.5 Å². The fourth-order valence-electron chi connectivity index (χ4n) is 1.23. The molecule has 1 rings (SSSR count). The van der Waals surface area contributed by atoms with E-state index in [1.54, 1.807) is 19.4 Å². The van der Waals surface area contributed by atoms with Gasteiger partial charge in [-0.25, -0.2) is 0 Å². The van der Waals surface area contributed by atoms with E-state index in [-0.39, 0.29) is 5.92 Å². The summed E-state index contributed by atoms with van der Waals surface area (Å²) in [5.41, 5.74) is 0.949. The van der Waals surface area contributed by atoms with Crippen LogP contribution in [0.25, 0.3) is 0 Å². The molecule has 1 atom stereocenters. The van der Waals surface area contributed by atoms with E-state index in [4.69, 9.17) is 5.11 Å². The third-order valence-electron chi connectivity index (χ3n) is 1.94. The molecule has 5 heteroatoms. The normalized spacial score (nSPS) is 13.1. The van der Waals surface area contributed by atoms with Gasteiger partial charge in [0.1, 0.15) is 6.26 Å². The van der Waals surface area contributed by atoms with Gasteiger partial charge < -0.3 is 14.5 Å². The predicted octanol–water partition coefficient (Wildman–Crippen LogP) is 0.827. The average Bonchev–Trinajstić information content (AvgIpc) is 2.56. The molecule has 0 bridgehead atoms. The fourth-order valence-corrected chi connectivity index (χ4v) is 1.23. The Labute approximate surface area is 82.3 Å². The second kappa shape index (κ2) is 4.76. The van der Waals surface area contributed by atoms with Crippen molar-refractivity contribution in [1.82, 2.24) is 10.1 Å². The number of carboxylic acid groups (broad SMARTS) is 1. The SMILES string of the molecule is CC(CN(C)Cc1cnoc1)C(=O)O. The van der Waals surface area contributed by atoms with Crippen LogP contribution < -0.4 is 0 Å². The molecule has 1 aromatic rings. The van der Waals surface area contributed by atoms with Crippen molar-refractivity contribution in [3.05, 3.63) is 18.0 Å². The molecular formula is C9H14N2O3. The second-order valence-corrected chi connectivity index (χ2v) is 3.47. The molecule has 0 aliphatic heterocycles. The highest BCUT2D eigenvalue weighted by Gasteiger charge is 2.13. The lowest BCUT2D eigenvalue weighted by atomic mass is 10.1. The molecule has 0 spiro atoms. The third kappa shape index (κ3) is 3.18. The summed E-state index contributed by atoms with van der Waals surface area (Å²) in [6, 6.07) is 0. The van der Waals surface area contributed by atoms with Gasteiger partial charge in [-0.15, -0.1) is 0 Å². The molecule has 0 fully saturated rings. The summed E-state index contributed by atoms with van der Waals surface area (Å²) in [5.74, 6) is -1.14. The van der Waals surface area contributed by atoms with Gasteiger partial charge >= 0.3 is 5.97 Å². The molecule has 0 saturated heterocycles. The molecule has 0 radical (unpaired) electrons. The van der Waals surface area contributed by atoms with Crippen LogP contribution in [0, 0.1) is 5.92 Å². The lowest BCUT2D eigenvalue weighted by Crippen LogP contribution is -2.28. The Bertz CT molecular complexity index is 284. The quantitative estimate of drug-likeness (QED) is 0.759. The van der Waals surface area contributed by atoms with Crippen molar-refractivity contribution < 1.29 is 14.4 Å². The van der Waals surface area contributed by atoms with Crippen LogP contribution in [0.15, 0.2) is 17.0 Å². The molecule has 78 valence electrons. The Kier molecular flexibility index (Phi) is 3.64. The van der Waals surface area contributed by atoms with Crippen LogP contribution in [0.4, 0.5) is 0 Å². The molecule has 1 aromatic heterocycles. The van der Waals surface area contributed by atoms with Crippen LogP contribution >= 0.6 is 0 Å². The maximum absolute atomic E-state index is 10.6. The summed E-state index contributed by atoms with van der Waals surface area (Å²) < 4.78 is 4.67. The number of carboxylic acids is 1. The zero-order valence-corrected chi connectivity index (χ0v) is 8.30. The van der Waals surface area contributed by atoms with Crippen LogP contribution in [-0.2, 0) is 11.3 Å². The number of hydrogen-bond donors (Lipinski definition) is 1. The highest BCUT2D eigenvalue weighted by molar-refractivity contribution is 5.69. The number of nitrogens with zero attached hydrogens (tertiary/aromatic N) is 2. The summed E-state index contributed by atoms with van der Waals surface area (Å²) in [7, 11) is 1.87. The first-order valence-electron chi connectivity index (χ1n) is 4.39. The highest BCUT2D eigenvalue weighted by Crippen LogP contribution is 2.04. The van der Waals surface area contributed by atoms with Crippen LogP contribution in [-0.4, -0.2) is 34.7 Å². The third-order valence-corrected chi connectivity index (χ3v) is 1.94. The van der Waals surface area contributed by atoms with Gasteiger partial charge in [-0.05, 0) is 7.05 Å². The van der Waals surface area contributed by atoms with E-state index >= 15 is 0 Å². The van der Waals surface area contributed by atoms with E-state index in [2.05, 4.69) is 9.68 Å². The monoisotopic (exact) mass is 198 g/mol. The van der Waals surface area contributed by atoms with Gasteiger partial charge in [-0.3, -0.25) is 4.79 Å². The zero-order valence-electron chi connectivity index (χ0n) is 8.30. The fraction of sp³-hybridized carbons (Fsp3) is 0.556. The van der Waals surface area contributed by atoms with Crippen LogP contribution in [0.5, 0.6) is 0 Å². The summed E-state index contributed by atoms with van der Waals surface area (Å²) in [4.78, 5) is 12.5. The van der Waals surface area contributed by atoms with Crippen molar-refractivity contribution in [2.75, 3.05) is 13.6 Å². The molecule has 1 heterocycles. The molecule has 5 nitrogen and oxygen atoms in total. The van der Waals surface area contributed by atoms with Gasteiger partial charge in [0.15, 0.2) is 0 Å². The van der Waals surface area contributed by atoms with Crippen LogP contribution in [0.1, 0.15) is 12.5 Å². The maximum Gasteiger partial charge on any atom is 0.307 e. The molecule has 1 N–H and O–H groups in total. The number of carbonyl (C=O) groups is 1. The van der Waals surface area contributed by atoms with Gasteiger partial charge in [0.25, 0.3) is 0 Å². The topological polar surface area (TPSA) is 66.6 Å². The molecule has 0 aliphatic rings. The highest BCUT2D eigenvalue weighted by atomic mass is 16.5. The minimum atomic E-state index is -0.776. The smallest absolute Gasteiger partial charge is 0.307 e. The Morgan fingerprint density at radius 3 is 3.00 bits per heavy atom. The number of rotatable bonds is 5. The maximum atomic E-state index is 10.6. The minimum absolute atomic E-state index is 0.361. The number of aromatic nitrogens is 1. The van der Waals surface area contributed by atoms with Gasteiger partial charge in [-0.2, -0.15) is 0 Å².